The average Bonchev–Trinajstić information content (AvgIpc) is 3.25. The van der Waals surface area contributed by atoms with Crippen LogP contribution in [0.5, 0.6) is 0 Å². The van der Waals surface area contributed by atoms with Gasteiger partial charge in [-0.25, -0.2) is 4.98 Å². The second kappa shape index (κ2) is 8.09. The summed E-state index contributed by atoms with van der Waals surface area (Å²) in [5, 5.41) is 0. The summed E-state index contributed by atoms with van der Waals surface area (Å²) in [6.45, 7) is 7.96. The second-order valence-corrected chi connectivity index (χ2v) is 6.66. The lowest BCUT2D eigenvalue weighted by molar-refractivity contribution is -0.136. The van der Waals surface area contributed by atoms with Crippen molar-refractivity contribution in [1.82, 2.24) is 19.7 Å². The van der Waals surface area contributed by atoms with E-state index in [9.17, 15) is 4.79 Å². The highest BCUT2D eigenvalue weighted by Crippen LogP contribution is 2.17. The molecule has 0 N–H and O–H groups in total. The normalized spacial score (nSPS) is 22.5. The summed E-state index contributed by atoms with van der Waals surface area (Å²) in [5.74, 6) is 1.93. The Labute approximate surface area is 143 Å². The van der Waals surface area contributed by atoms with Gasteiger partial charge in [-0.3, -0.25) is 14.6 Å². The SMILES string of the molecule is CCc1cnc(CN(C)C2CCN(CC(=O)N3CCOCC3)C2)o1. The van der Waals surface area contributed by atoms with Crippen LogP contribution in [0.1, 0.15) is 25.0 Å². The van der Waals surface area contributed by atoms with Gasteiger partial charge < -0.3 is 14.1 Å². The number of likely N-dealkylation sites (N-methyl/N-ethyl adjacent to an activating group) is 1. The van der Waals surface area contributed by atoms with Gasteiger partial charge in [-0.2, -0.15) is 0 Å². The molecule has 7 heteroatoms. The van der Waals surface area contributed by atoms with Gasteiger partial charge in [0.1, 0.15) is 5.76 Å². The average molecular weight is 336 g/mol. The molecule has 2 aliphatic heterocycles. The topological polar surface area (TPSA) is 62.1 Å². The van der Waals surface area contributed by atoms with E-state index in [1.165, 1.54) is 0 Å². The van der Waals surface area contributed by atoms with Crippen molar-refractivity contribution in [2.75, 3.05) is 53.0 Å². The Hall–Kier alpha value is -1.44. The third kappa shape index (κ3) is 4.34. The molecule has 7 nitrogen and oxygen atoms in total. The lowest BCUT2D eigenvalue weighted by Gasteiger charge is -2.29. The number of hydrogen-bond donors (Lipinski definition) is 0. The molecule has 3 heterocycles. The van der Waals surface area contributed by atoms with E-state index in [-0.39, 0.29) is 5.91 Å². The van der Waals surface area contributed by atoms with Gasteiger partial charge in [-0.05, 0) is 13.5 Å². The van der Waals surface area contributed by atoms with Gasteiger partial charge >= 0.3 is 0 Å². The number of carbonyl (C=O) groups is 1. The van der Waals surface area contributed by atoms with Crippen molar-refractivity contribution in [2.45, 2.75) is 32.4 Å². The first kappa shape index (κ1) is 17.4. The Morgan fingerprint density at radius 3 is 2.88 bits per heavy atom. The minimum absolute atomic E-state index is 0.224. The van der Waals surface area contributed by atoms with Crippen LogP contribution >= 0.6 is 0 Å². The Morgan fingerprint density at radius 1 is 1.38 bits per heavy atom. The Kier molecular flexibility index (Phi) is 5.86. The third-order valence-corrected chi connectivity index (χ3v) is 4.93. The summed E-state index contributed by atoms with van der Waals surface area (Å²) in [7, 11) is 2.10. The van der Waals surface area contributed by atoms with E-state index < -0.39 is 0 Å². The predicted octanol–water partition coefficient (Wildman–Crippen LogP) is 0.602. The number of oxazole rings is 1. The number of amides is 1. The van der Waals surface area contributed by atoms with E-state index in [0.29, 0.717) is 25.8 Å². The van der Waals surface area contributed by atoms with Crippen molar-refractivity contribution in [3.05, 3.63) is 17.8 Å². The molecule has 0 aromatic carbocycles. The van der Waals surface area contributed by atoms with E-state index in [1.807, 2.05) is 11.1 Å². The molecule has 0 aliphatic carbocycles. The first-order chi connectivity index (χ1) is 11.7. The molecule has 1 aromatic rings. The molecule has 3 rings (SSSR count). The van der Waals surface area contributed by atoms with Crippen LogP contribution < -0.4 is 0 Å². The fraction of sp³-hybridized carbons (Fsp3) is 0.765. The van der Waals surface area contributed by atoms with Gasteiger partial charge in [0.2, 0.25) is 11.8 Å². The van der Waals surface area contributed by atoms with E-state index in [4.69, 9.17) is 9.15 Å². The molecule has 2 saturated heterocycles. The van der Waals surface area contributed by atoms with Crippen molar-refractivity contribution in [2.24, 2.45) is 0 Å². The number of ether oxygens (including phenoxy) is 1. The largest absolute Gasteiger partial charge is 0.444 e. The first-order valence-electron chi connectivity index (χ1n) is 8.87. The highest BCUT2D eigenvalue weighted by Gasteiger charge is 2.29. The van der Waals surface area contributed by atoms with Crippen LogP contribution in [0.3, 0.4) is 0 Å². The molecular formula is C17H28N4O3. The van der Waals surface area contributed by atoms with Crippen LogP contribution in [0.2, 0.25) is 0 Å². The molecular weight excluding hydrogens is 308 g/mol. The molecule has 1 unspecified atom stereocenters. The highest BCUT2D eigenvalue weighted by atomic mass is 16.5. The zero-order valence-corrected chi connectivity index (χ0v) is 14.7. The van der Waals surface area contributed by atoms with Crippen LogP contribution in [-0.2, 0) is 22.5 Å². The summed E-state index contributed by atoms with van der Waals surface area (Å²) < 4.78 is 11.0. The maximum Gasteiger partial charge on any atom is 0.236 e. The fourth-order valence-corrected chi connectivity index (χ4v) is 3.35. The van der Waals surface area contributed by atoms with E-state index in [2.05, 4.69) is 28.8 Å². The molecule has 1 atom stereocenters. The Bertz CT molecular complexity index is 542. The number of likely N-dealkylation sites (tertiary alicyclic amines) is 1. The highest BCUT2D eigenvalue weighted by molar-refractivity contribution is 5.78. The summed E-state index contributed by atoms with van der Waals surface area (Å²) in [6, 6.07) is 0.444. The predicted molar refractivity (Wildman–Crippen MR) is 89.6 cm³/mol. The van der Waals surface area contributed by atoms with Gasteiger partial charge in [0.25, 0.3) is 0 Å². The number of hydrogen-bond acceptors (Lipinski definition) is 6. The van der Waals surface area contributed by atoms with Crippen molar-refractivity contribution in [1.29, 1.82) is 0 Å². The molecule has 0 radical (unpaired) electrons. The number of aromatic nitrogens is 1. The van der Waals surface area contributed by atoms with Crippen molar-refractivity contribution in [3.63, 3.8) is 0 Å². The molecule has 0 bridgehead atoms. The van der Waals surface area contributed by atoms with Gasteiger partial charge in [0, 0.05) is 38.6 Å². The van der Waals surface area contributed by atoms with Gasteiger partial charge in [-0.1, -0.05) is 6.92 Å². The van der Waals surface area contributed by atoms with Crippen molar-refractivity contribution in [3.8, 4) is 0 Å². The Balaban J connectivity index is 1.44. The zero-order valence-electron chi connectivity index (χ0n) is 14.7. The van der Waals surface area contributed by atoms with Crippen LogP contribution in [0.25, 0.3) is 0 Å². The fourth-order valence-electron chi connectivity index (χ4n) is 3.35. The number of morpholine rings is 1. The van der Waals surface area contributed by atoms with Crippen LogP contribution in [-0.4, -0.2) is 84.6 Å². The smallest absolute Gasteiger partial charge is 0.236 e. The number of carbonyl (C=O) groups excluding carboxylic acids is 1. The Morgan fingerprint density at radius 2 is 2.17 bits per heavy atom. The monoisotopic (exact) mass is 336 g/mol. The second-order valence-electron chi connectivity index (χ2n) is 6.66. The summed E-state index contributed by atoms with van der Waals surface area (Å²) >= 11 is 0. The molecule has 1 aromatic heterocycles. The first-order valence-corrected chi connectivity index (χ1v) is 8.87. The van der Waals surface area contributed by atoms with Crippen molar-refractivity contribution < 1.29 is 13.9 Å². The summed E-state index contributed by atoms with van der Waals surface area (Å²) in [4.78, 5) is 23.1. The minimum Gasteiger partial charge on any atom is -0.444 e. The number of aryl methyl sites for hydroxylation is 1. The standard InChI is InChI=1S/C17H28N4O3/c1-3-15-10-18-16(24-15)12-19(2)14-4-5-20(11-14)13-17(22)21-6-8-23-9-7-21/h10,14H,3-9,11-13H2,1-2H3. The van der Waals surface area contributed by atoms with Crippen LogP contribution in [0, 0.1) is 0 Å². The molecule has 2 aliphatic rings. The van der Waals surface area contributed by atoms with Gasteiger partial charge in [0.15, 0.2) is 0 Å². The van der Waals surface area contributed by atoms with E-state index in [1.54, 1.807) is 0 Å². The van der Waals surface area contributed by atoms with Crippen molar-refractivity contribution >= 4 is 5.91 Å². The molecule has 2 fully saturated rings. The molecule has 134 valence electrons. The molecule has 0 saturated carbocycles. The quantitative estimate of drug-likeness (QED) is 0.758. The maximum atomic E-state index is 12.3. The maximum absolute atomic E-state index is 12.3. The third-order valence-electron chi connectivity index (χ3n) is 4.93. The zero-order chi connectivity index (χ0) is 16.9. The summed E-state index contributed by atoms with van der Waals surface area (Å²) in [5.41, 5.74) is 0. The van der Waals surface area contributed by atoms with Crippen LogP contribution in [0.15, 0.2) is 10.6 Å². The number of nitrogens with zero attached hydrogens (tertiary/aromatic N) is 4. The minimum atomic E-state index is 0.224. The lowest BCUT2D eigenvalue weighted by atomic mass is 10.2. The lowest BCUT2D eigenvalue weighted by Crippen LogP contribution is -2.45. The summed E-state index contributed by atoms with van der Waals surface area (Å²) in [6.07, 6.45) is 3.76. The van der Waals surface area contributed by atoms with E-state index >= 15 is 0 Å². The van der Waals surface area contributed by atoms with Crippen LogP contribution in [0.4, 0.5) is 0 Å². The van der Waals surface area contributed by atoms with Gasteiger partial charge in [0.05, 0.1) is 32.5 Å². The molecule has 0 spiro atoms. The molecule has 1 amide bonds. The van der Waals surface area contributed by atoms with E-state index in [0.717, 1.165) is 57.2 Å². The molecule has 24 heavy (non-hydrogen) atoms. The van der Waals surface area contributed by atoms with Gasteiger partial charge in [-0.15, -0.1) is 0 Å². The number of rotatable bonds is 6.